The number of carbonyl (C=O) groups is 1. The molecule has 2 aromatic rings. The van der Waals surface area contributed by atoms with Crippen molar-refractivity contribution in [2.45, 2.75) is 26.2 Å². The van der Waals surface area contributed by atoms with E-state index in [0.29, 0.717) is 18.7 Å². The van der Waals surface area contributed by atoms with Gasteiger partial charge in [0, 0.05) is 30.8 Å². The lowest BCUT2D eigenvalue weighted by atomic mass is 9.96. The molecular weight excluding hydrogens is 318 g/mol. The maximum Gasteiger partial charge on any atom is 0.254 e. The molecule has 0 bridgehead atoms. The largest absolute Gasteiger partial charge is 0.493 e. The third kappa shape index (κ3) is 3.90. The Kier molecular flexibility index (Phi) is 5.16. The van der Waals surface area contributed by atoms with Crippen LogP contribution in [0.1, 0.15) is 41.5 Å². The highest BCUT2D eigenvalue weighted by Gasteiger charge is 2.23. The van der Waals surface area contributed by atoms with Crippen molar-refractivity contribution in [1.29, 1.82) is 0 Å². The molecule has 1 aromatic heterocycles. The van der Waals surface area contributed by atoms with E-state index in [1.54, 1.807) is 19.5 Å². The Bertz CT molecular complexity index is 744. The first-order chi connectivity index (χ1) is 12.1. The van der Waals surface area contributed by atoms with Crippen molar-refractivity contribution in [2.24, 2.45) is 5.92 Å². The van der Waals surface area contributed by atoms with Crippen LogP contribution in [0.25, 0.3) is 0 Å². The van der Waals surface area contributed by atoms with Crippen LogP contribution < -0.4 is 14.8 Å². The van der Waals surface area contributed by atoms with E-state index >= 15 is 0 Å². The topological polar surface area (TPSA) is 73.3 Å². The van der Waals surface area contributed by atoms with Crippen molar-refractivity contribution >= 4 is 5.91 Å². The molecule has 1 amide bonds. The number of benzene rings is 1. The predicted octanol–water partition coefficient (Wildman–Crippen LogP) is 2.59. The van der Waals surface area contributed by atoms with Gasteiger partial charge < -0.3 is 14.8 Å². The highest BCUT2D eigenvalue weighted by Crippen LogP contribution is 2.35. The quantitative estimate of drug-likeness (QED) is 0.905. The fourth-order valence-electron chi connectivity index (χ4n) is 2.84. The number of para-hydroxylation sites is 1. The first-order valence-corrected chi connectivity index (χ1v) is 8.47. The van der Waals surface area contributed by atoms with E-state index in [9.17, 15) is 4.79 Å². The van der Waals surface area contributed by atoms with Crippen molar-refractivity contribution < 1.29 is 14.3 Å². The SMILES string of the molecule is COc1cccc2c1OCC(CNC(=O)c1cnc(C(C)C)nc1)C2. The summed E-state index contributed by atoms with van der Waals surface area (Å²) in [6.45, 7) is 5.13. The molecule has 1 aliphatic heterocycles. The van der Waals surface area contributed by atoms with Gasteiger partial charge in [-0.2, -0.15) is 0 Å². The summed E-state index contributed by atoms with van der Waals surface area (Å²) in [4.78, 5) is 20.7. The minimum atomic E-state index is -0.160. The number of carbonyl (C=O) groups excluding carboxylic acids is 1. The maximum absolute atomic E-state index is 12.3. The van der Waals surface area contributed by atoms with Crippen LogP contribution in [0.3, 0.4) is 0 Å². The second kappa shape index (κ2) is 7.51. The first-order valence-electron chi connectivity index (χ1n) is 8.47. The highest BCUT2D eigenvalue weighted by molar-refractivity contribution is 5.93. The molecule has 132 valence electrons. The van der Waals surface area contributed by atoms with Gasteiger partial charge in [-0.1, -0.05) is 26.0 Å². The molecule has 0 aliphatic carbocycles. The van der Waals surface area contributed by atoms with Gasteiger partial charge in [-0.25, -0.2) is 9.97 Å². The van der Waals surface area contributed by atoms with Gasteiger partial charge in [-0.3, -0.25) is 4.79 Å². The second-order valence-corrected chi connectivity index (χ2v) is 6.52. The summed E-state index contributed by atoms with van der Waals surface area (Å²) in [5, 5.41) is 2.95. The van der Waals surface area contributed by atoms with Gasteiger partial charge in [0.25, 0.3) is 5.91 Å². The molecule has 1 aliphatic rings. The van der Waals surface area contributed by atoms with Gasteiger partial charge in [-0.15, -0.1) is 0 Å². The molecule has 0 saturated carbocycles. The molecule has 1 unspecified atom stereocenters. The van der Waals surface area contributed by atoms with Crippen LogP contribution in [0.4, 0.5) is 0 Å². The van der Waals surface area contributed by atoms with Gasteiger partial charge >= 0.3 is 0 Å². The van der Waals surface area contributed by atoms with Crippen LogP contribution in [0, 0.1) is 5.92 Å². The van der Waals surface area contributed by atoms with E-state index in [1.807, 2.05) is 32.0 Å². The van der Waals surface area contributed by atoms with Crippen LogP contribution in [0.2, 0.25) is 0 Å². The van der Waals surface area contributed by atoms with Crippen LogP contribution in [-0.2, 0) is 6.42 Å². The lowest BCUT2D eigenvalue weighted by Crippen LogP contribution is -2.35. The van der Waals surface area contributed by atoms with Crippen molar-refractivity contribution in [3.63, 3.8) is 0 Å². The Morgan fingerprint density at radius 2 is 2.12 bits per heavy atom. The third-order valence-electron chi connectivity index (χ3n) is 4.25. The van der Waals surface area contributed by atoms with Gasteiger partial charge in [0.05, 0.1) is 19.3 Å². The van der Waals surface area contributed by atoms with Crippen LogP contribution >= 0.6 is 0 Å². The number of aromatic nitrogens is 2. The zero-order valence-corrected chi connectivity index (χ0v) is 14.8. The summed E-state index contributed by atoms with van der Waals surface area (Å²) in [7, 11) is 1.64. The van der Waals surface area contributed by atoms with Crippen LogP contribution in [0.5, 0.6) is 11.5 Å². The average Bonchev–Trinajstić information content (AvgIpc) is 2.65. The molecule has 25 heavy (non-hydrogen) atoms. The van der Waals surface area contributed by atoms with Gasteiger partial charge in [0.15, 0.2) is 11.5 Å². The fraction of sp³-hybridized carbons (Fsp3) is 0.421. The molecule has 2 heterocycles. The van der Waals surface area contributed by atoms with Crippen molar-refractivity contribution in [3.05, 3.63) is 47.5 Å². The van der Waals surface area contributed by atoms with Crippen LogP contribution in [-0.4, -0.2) is 36.1 Å². The zero-order chi connectivity index (χ0) is 17.8. The monoisotopic (exact) mass is 341 g/mol. The number of methoxy groups -OCH3 is 1. The number of hydrogen-bond donors (Lipinski definition) is 1. The van der Waals surface area contributed by atoms with E-state index in [2.05, 4.69) is 15.3 Å². The third-order valence-corrected chi connectivity index (χ3v) is 4.25. The summed E-state index contributed by atoms with van der Waals surface area (Å²) in [5.41, 5.74) is 1.58. The van der Waals surface area contributed by atoms with Crippen molar-refractivity contribution in [3.8, 4) is 11.5 Å². The molecular formula is C19H23N3O3. The molecule has 0 saturated heterocycles. The molecule has 3 rings (SSSR count). The van der Waals surface area contributed by atoms with Crippen LogP contribution in [0.15, 0.2) is 30.6 Å². The number of rotatable bonds is 5. The highest BCUT2D eigenvalue weighted by atomic mass is 16.5. The molecule has 1 aromatic carbocycles. The molecule has 0 spiro atoms. The van der Waals surface area contributed by atoms with Gasteiger partial charge in [0.2, 0.25) is 0 Å². The summed E-state index contributed by atoms with van der Waals surface area (Å²) < 4.78 is 11.2. The molecule has 0 radical (unpaired) electrons. The molecule has 6 heteroatoms. The van der Waals surface area contributed by atoms with E-state index in [4.69, 9.17) is 9.47 Å². The van der Waals surface area contributed by atoms with E-state index in [1.165, 1.54) is 0 Å². The summed E-state index contributed by atoms with van der Waals surface area (Å²) in [6.07, 6.45) is 4.00. The standard InChI is InChI=1S/C19H23N3O3/c1-12(2)18-20-9-15(10-21-18)19(23)22-8-13-7-14-5-4-6-16(24-3)17(14)25-11-13/h4-6,9-10,12-13H,7-8,11H2,1-3H3,(H,22,23). The summed E-state index contributed by atoms with van der Waals surface area (Å²) in [5.74, 6) is 2.61. The number of fused-ring (bicyclic) bond motifs is 1. The number of nitrogens with zero attached hydrogens (tertiary/aromatic N) is 2. The molecule has 6 nitrogen and oxygen atoms in total. The lowest BCUT2D eigenvalue weighted by Gasteiger charge is -2.26. The molecule has 1 atom stereocenters. The Balaban J connectivity index is 1.58. The second-order valence-electron chi connectivity index (χ2n) is 6.52. The predicted molar refractivity (Wildman–Crippen MR) is 94.1 cm³/mol. The zero-order valence-electron chi connectivity index (χ0n) is 14.8. The van der Waals surface area contributed by atoms with E-state index in [0.717, 1.165) is 29.3 Å². The molecule has 1 N–H and O–H groups in total. The van der Waals surface area contributed by atoms with Crippen molar-refractivity contribution in [2.75, 3.05) is 20.3 Å². The van der Waals surface area contributed by atoms with Crippen molar-refractivity contribution in [1.82, 2.24) is 15.3 Å². The van der Waals surface area contributed by atoms with Gasteiger partial charge in [-0.05, 0) is 18.1 Å². The minimum Gasteiger partial charge on any atom is -0.493 e. The van der Waals surface area contributed by atoms with E-state index in [-0.39, 0.29) is 17.7 Å². The Morgan fingerprint density at radius 1 is 1.36 bits per heavy atom. The van der Waals surface area contributed by atoms with E-state index < -0.39 is 0 Å². The molecule has 0 fully saturated rings. The lowest BCUT2D eigenvalue weighted by molar-refractivity contribution is 0.0937. The normalized spacial score (nSPS) is 16.1. The Labute approximate surface area is 147 Å². The number of hydrogen-bond acceptors (Lipinski definition) is 5. The smallest absolute Gasteiger partial charge is 0.254 e. The minimum absolute atomic E-state index is 0.160. The average molecular weight is 341 g/mol. The number of ether oxygens (including phenoxy) is 2. The Hall–Kier alpha value is -2.63. The summed E-state index contributed by atoms with van der Waals surface area (Å²) in [6, 6.07) is 5.88. The maximum atomic E-state index is 12.3. The Morgan fingerprint density at radius 3 is 2.80 bits per heavy atom. The summed E-state index contributed by atoms with van der Waals surface area (Å²) >= 11 is 0. The van der Waals surface area contributed by atoms with Gasteiger partial charge in [0.1, 0.15) is 5.82 Å². The fourth-order valence-corrected chi connectivity index (χ4v) is 2.84. The number of amides is 1. The first kappa shape index (κ1) is 17.2. The number of nitrogens with one attached hydrogen (secondary N) is 1.